The van der Waals surface area contributed by atoms with E-state index in [-0.39, 0.29) is 0 Å². The molecule has 0 bridgehead atoms. The maximum Gasteiger partial charge on any atom is 0.142 e. The fraction of sp³-hybridized carbons (Fsp3) is 0.440. The fourth-order valence-electron chi connectivity index (χ4n) is 3.01. The van der Waals surface area contributed by atoms with Gasteiger partial charge in [0.25, 0.3) is 0 Å². The van der Waals surface area contributed by atoms with E-state index in [0.29, 0.717) is 52.7 Å². The van der Waals surface area contributed by atoms with E-state index in [1.807, 2.05) is 42.5 Å². The molecule has 2 aromatic rings. The SMILES string of the molecule is C[Si](C)(C)C#Cc1ccc2c(c1)NCCOCCNc1ccccc1OCCOCCO2. The molecule has 1 aliphatic rings. The molecule has 2 N–H and O–H groups in total. The van der Waals surface area contributed by atoms with Gasteiger partial charge in [0.1, 0.15) is 32.8 Å². The number of rotatable bonds is 0. The van der Waals surface area contributed by atoms with Crippen LogP contribution in [0.3, 0.4) is 0 Å². The highest BCUT2D eigenvalue weighted by atomic mass is 28.3. The largest absolute Gasteiger partial charge is 0.489 e. The lowest BCUT2D eigenvalue weighted by molar-refractivity contribution is 0.0767. The van der Waals surface area contributed by atoms with Crippen molar-refractivity contribution in [3.05, 3.63) is 48.0 Å². The lowest BCUT2D eigenvalue weighted by Crippen LogP contribution is -2.17. The van der Waals surface area contributed by atoms with Crippen LogP contribution in [0.15, 0.2) is 42.5 Å². The van der Waals surface area contributed by atoms with Crippen molar-refractivity contribution in [1.29, 1.82) is 0 Å². The van der Waals surface area contributed by atoms with Crippen LogP contribution in [0.5, 0.6) is 11.5 Å². The van der Waals surface area contributed by atoms with Crippen LogP contribution in [-0.2, 0) is 9.47 Å². The number of ether oxygens (including phenoxy) is 4. The molecule has 7 heteroatoms. The summed E-state index contributed by atoms with van der Waals surface area (Å²) in [5, 5.41) is 6.81. The molecule has 1 heterocycles. The van der Waals surface area contributed by atoms with Crippen molar-refractivity contribution < 1.29 is 18.9 Å². The van der Waals surface area contributed by atoms with Gasteiger partial charge in [-0.1, -0.05) is 37.7 Å². The second kappa shape index (κ2) is 12.4. The summed E-state index contributed by atoms with van der Waals surface area (Å²) in [4.78, 5) is 0. The first-order chi connectivity index (χ1) is 15.5. The summed E-state index contributed by atoms with van der Waals surface area (Å²) in [5.41, 5.74) is 6.29. The Hall–Kier alpha value is -2.66. The van der Waals surface area contributed by atoms with Crippen LogP contribution in [0, 0.1) is 11.5 Å². The molecule has 0 fully saturated rings. The van der Waals surface area contributed by atoms with Gasteiger partial charge < -0.3 is 29.6 Å². The Bertz CT molecular complexity index is 918. The molecule has 32 heavy (non-hydrogen) atoms. The molecule has 0 spiro atoms. The summed E-state index contributed by atoms with van der Waals surface area (Å²) in [5.74, 6) is 4.92. The zero-order valence-corrected chi connectivity index (χ0v) is 20.3. The normalized spacial score (nSPS) is 16.1. The maximum absolute atomic E-state index is 5.97. The highest BCUT2D eigenvalue weighted by molar-refractivity contribution is 6.83. The first-order valence-corrected chi connectivity index (χ1v) is 14.7. The lowest BCUT2D eigenvalue weighted by atomic mass is 10.2. The van der Waals surface area contributed by atoms with Crippen molar-refractivity contribution in [2.45, 2.75) is 19.6 Å². The molecule has 0 saturated carbocycles. The predicted octanol–water partition coefficient (Wildman–Crippen LogP) is 4.24. The fourth-order valence-corrected chi connectivity index (χ4v) is 3.53. The third-order valence-corrected chi connectivity index (χ3v) is 5.42. The molecular formula is C25H34N2O4Si. The zero-order chi connectivity index (χ0) is 22.7. The van der Waals surface area contributed by atoms with Crippen LogP contribution < -0.4 is 20.1 Å². The Kier molecular flexibility index (Phi) is 9.29. The molecule has 172 valence electrons. The Labute approximate surface area is 192 Å². The molecular weight excluding hydrogens is 420 g/mol. The van der Waals surface area contributed by atoms with Gasteiger partial charge in [-0.2, -0.15) is 0 Å². The van der Waals surface area contributed by atoms with E-state index in [1.165, 1.54) is 0 Å². The van der Waals surface area contributed by atoms with E-state index >= 15 is 0 Å². The molecule has 0 amide bonds. The van der Waals surface area contributed by atoms with E-state index < -0.39 is 8.07 Å². The number of hydrogen-bond acceptors (Lipinski definition) is 6. The summed E-state index contributed by atoms with van der Waals surface area (Å²) >= 11 is 0. The number of benzene rings is 2. The van der Waals surface area contributed by atoms with Crippen LogP contribution in [0.25, 0.3) is 0 Å². The summed E-state index contributed by atoms with van der Waals surface area (Å²) in [6.45, 7) is 11.2. The van der Waals surface area contributed by atoms with Crippen molar-refractivity contribution in [2.24, 2.45) is 0 Å². The van der Waals surface area contributed by atoms with Crippen molar-refractivity contribution in [3.63, 3.8) is 0 Å². The average Bonchev–Trinajstić information content (AvgIpc) is 2.77. The Morgan fingerprint density at radius 1 is 0.719 bits per heavy atom. The smallest absolute Gasteiger partial charge is 0.142 e. The van der Waals surface area contributed by atoms with Crippen molar-refractivity contribution in [2.75, 3.05) is 63.4 Å². The summed E-state index contributed by atoms with van der Waals surface area (Å²) < 4.78 is 23.3. The molecule has 0 aliphatic carbocycles. The van der Waals surface area contributed by atoms with E-state index in [2.05, 4.69) is 41.7 Å². The molecule has 0 saturated heterocycles. The van der Waals surface area contributed by atoms with Crippen molar-refractivity contribution in [3.8, 4) is 23.0 Å². The third-order valence-electron chi connectivity index (χ3n) is 4.54. The highest BCUT2D eigenvalue weighted by Gasteiger charge is 2.09. The first-order valence-electron chi connectivity index (χ1n) is 11.2. The summed E-state index contributed by atoms with van der Waals surface area (Å²) in [6, 6.07) is 13.9. The predicted molar refractivity (Wildman–Crippen MR) is 133 cm³/mol. The molecule has 2 aromatic carbocycles. The Morgan fingerprint density at radius 3 is 2.06 bits per heavy atom. The number of hydrogen-bond donors (Lipinski definition) is 2. The van der Waals surface area contributed by atoms with Crippen molar-refractivity contribution in [1.82, 2.24) is 0 Å². The molecule has 1 aliphatic heterocycles. The quantitative estimate of drug-likeness (QED) is 0.459. The van der Waals surface area contributed by atoms with Gasteiger partial charge in [-0.3, -0.25) is 0 Å². The van der Waals surface area contributed by atoms with Crippen LogP contribution in [0.2, 0.25) is 19.6 Å². The number of fused-ring (bicyclic) bond motifs is 2. The van der Waals surface area contributed by atoms with Crippen LogP contribution in [0.1, 0.15) is 5.56 Å². The number of para-hydroxylation sites is 2. The van der Waals surface area contributed by atoms with Gasteiger partial charge in [0.15, 0.2) is 0 Å². The standard InChI is InChI=1S/C25H34N2O4Si/c1-32(2,3)19-10-21-8-9-25-23(20-21)27-12-14-28-13-11-26-22-6-4-5-7-24(22)30-17-15-29-16-18-31-25/h4-9,20,26-27H,11-18H2,1-3H3. The van der Waals surface area contributed by atoms with Crippen LogP contribution >= 0.6 is 0 Å². The third kappa shape index (κ3) is 8.46. The molecule has 0 aromatic heterocycles. The monoisotopic (exact) mass is 454 g/mol. The summed E-state index contributed by atoms with van der Waals surface area (Å²) in [7, 11) is -1.43. The first kappa shape index (κ1) is 24.0. The van der Waals surface area contributed by atoms with Gasteiger partial charge in [0, 0.05) is 18.7 Å². The van der Waals surface area contributed by atoms with Gasteiger partial charge in [-0.25, -0.2) is 0 Å². The molecule has 6 nitrogen and oxygen atoms in total. The van der Waals surface area contributed by atoms with Gasteiger partial charge in [0.2, 0.25) is 0 Å². The van der Waals surface area contributed by atoms with Crippen molar-refractivity contribution >= 4 is 19.4 Å². The van der Waals surface area contributed by atoms with Gasteiger partial charge >= 0.3 is 0 Å². The average molecular weight is 455 g/mol. The summed E-state index contributed by atoms with van der Waals surface area (Å²) in [6.07, 6.45) is 0. The number of nitrogens with one attached hydrogen (secondary N) is 2. The molecule has 0 unspecified atom stereocenters. The van der Waals surface area contributed by atoms with Crippen LogP contribution in [-0.4, -0.2) is 60.8 Å². The van der Waals surface area contributed by atoms with E-state index in [9.17, 15) is 0 Å². The van der Waals surface area contributed by atoms with Gasteiger partial charge in [-0.05, 0) is 30.3 Å². The topological polar surface area (TPSA) is 61.0 Å². The lowest BCUT2D eigenvalue weighted by Gasteiger charge is -2.16. The van der Waals surface area contributed by atoms with Gasteiger partial charge in [-0.15, -0.1) is 5.54 Å². The minimum atomic E-state index is -1.43. The van der Waals surface area contributed by atoms with Crippen LogP contribution in [0.4, 0.5) is 11.4 Å². The second-order valence-corrected chi connectivity index (χ2v) is 13.2. The minimum Gasteiger partial charge on any atom is -0.489 e. The van der Waals surface area contributed by atoms with E-state index in [4.69, 9.17) is 18.9 Å². The van der Waals surface area contributed by atoms with Gasteiger partial charge in [0.05, 0.1) is 37.8 Å². The maximum atomic E-state index is 5.97. The molecule has 0 radical (unpaired) electrons. The minimum absolute atomic E-state index is 0.462. The second-order valence-electron chi connectivity index (χ2n) is 8.48. The Balaban J connectivity index is 1.63. The number of anilines is 2. The molecule has 0 atom stereocenters. The van der Waals surface area contributed by atoms with E-state index in [1.54, 1.807) is 0 Å². The zero-order valence-electron chi connectivity index (χ0n) is 19.3. The Morgan fingerprint density at radius 2 is 1.34 bits per heavy atom. The highest BCUT2D eigenvalue weighted by Crippen LogP contribution is 2.26. The van der Waals surface area contributed by atoms with E-state index in [0.717, 1.165) is 28.4 Å². The molecule has 3 rings (SSSR count).